The van der Waals surface area contributed by atoms with Crippen molar-refractivity contribution in [1.29, 1.82) is 0 Å². The van der Waals surface area contributed by atoms with Crippen molar-refractivity contribution in [2.24, 2.45) is 5.41 Å². The second-order valence-corrected chi connectivity index (χ2v) is 5.04. The Balaban J connectivity index is 2.75. The van der Waals surface area contributed by atoms with Gasteiger partial charge in [-0.25, -0.2) is 0 Å². The Hall–Kier alpha value is -2.16. The van der Waals surface area contributed by atoms with Gasteiger partial charge in [-0.1, -0.05) is 44.2 Å². The van der Waals surface area contributed by atoms with Crippen LogP contribution in [0, 0.1) is 5.41 Å². The molecule has 3 heteroatoms. The van der Waals surface area contributed by atoms with Gasteiger partial charge in [0.2, 0.25) is 5.78 Å². The van der Waals surface area contributed by atoms with Gasteiger partial charge in [-0.2, -0.15) is 0 Å². The molecular formula is C16H16O3. The van der Waals surface area contributed by atoms with Crippen LogP contribution < -0.4 is 0 Å². The fourth-order valence-corrected chi connectivity index (χ4v) is 2.23. The van der Waals surface area contributed by atoms with Crippen LogP contribution in [0.4, 0.5) is 0 Å². The molecule has 0 spiro atoms. The molecule has 0 saturated heterocycles. The molecule has 0 saturated carbocycles. The lowest BCUT2D eigenvalue weighted by Crippen LogP contribution is -2.30. The van der Waals surface area contributed by atoms with Crippen molar-refractivity contribution < 1.29 is 14.3 Å². The highest BCUT2D eigenvalue weighted by Gasteiger charge is 2.39. The van der Waals surface area contributed by atoms with Crippen LogP contribution in [-0.4, -0.2) is 18.7 Å². The van der Waals surface area contributed by atoms with Crippen LogP contribution in [0.1, 0.15) is 34.6 Å². The van der Waals surface area contributed by atoms with Crippen LogP contribution in [0.5, 0.6) is 0 Å². The lowest BCUT2D eigenvalue weighted by Gasteiger charge is -2.29. The normalized spacial score (nSPS) is 15.3. The average Bonchev–Trinajstić information content (AvgIpc) is 2.42. The van der Waals surface area contributed by atoms with Gasteiger partial charge in [0.05, 0.1) is 12.7 Å². The molecule has 0 N–H and O–H groups in total. The summed E-state index contributed by atoms with van der Waals surface area (Å²) in [5.41, 5.74) is 0.575. The third-order valence-corrected chi connectivity index (χ3v) is 3.44. The van der Waals surface area contributed by atoms with Gasteiger partial charge in [0, 0.05) is 16.5 Å². The van der Waals surface area contributed by atoms with Gasteiger partial charge in [-0.15, -0.1) is 6.58 Å². The summed E-state index contributed by atoms with van der Waals surface area (Å²) in [6.07, 6.45) is 1.65. The minimum absolute atomic E-state index is 0.119. The van der Waals surface area contributed by atoms with E-state index in [1.54, 1.807) is 30.3 Å². The van der Waals surface area contributed by atoms with Crippen LogP contribution in [0.15, 0.2) is 48.3 Å². The number of Topliss-reactive ketones (excluding diaryl/α,β-unsaturated/α-hetero) is 2. The maximum absolute atomic E-state index is 12.6. The maximum atomic E-state index is 12.6. The monoisotopic (exact) mass is 256 g/mol. The summed E-state index contributed by atoms with van der Waals surface area (Å²) < 4.78 is 5.19. The molecule has 0 radical (unpaired) electrons. The summed E-state index contributed by atoms with van der Waals surface area (Å²) in [6.45, 7) is 7.42. The summed E-state index contributed by atoms with van der Waals surface area (Å²) in [5.74, 6) is -0.298. The largest absolute Gasteiger partial charge is 0.492 e. The Morgan fingerprint density at radius 1 is 1.11 bits per heavy atom. The number of carbonyl (C=O) groups is 2. The number of methoxy groups -OCH3 is 1. The molecule has 19 heavy (non-hydrogen) atoms. The summed E-state index contributed by atoms with van der Waals surface area (Å²) in [6, 6.07) is 6.80. The second-order valence-electron chi connectivity index (χ2n) is 5.04. The predicted molar refractivity (Wildman–Crippen MR) is 73.1 cm³/mol. The molecule has 1 aliphatic carbocycles. The second kappa shape index (κ2) is 4.50. The first-order valence-electron chi connectivity index (χ1n) is 6.04. The standard InChI is InChI=1S/C16H16O3/c1-5-16(2,3)12-13(17)10-8-6-7-9-11(10)14(18)15(12)19-4/h5-9H,1H2,2-4H3. The summed E-state index contributed by atoms with van der Waals surface area (Å²) in [4.78, 5) is 25.0. The van der Waals surface area contributed by atoms with Crippen molar-refractivity contribution in [2.75, 3.05) is 7.11 Å². The Labute approximate surface area is 112 Å². The zero-order valence-corrected chi connectivity index (χ0v) is 11.3. The highest BCUT2D eigenvalue weighted by molar-refractivity contribution is 6.26. The lowest BCUT2D eigenvalue weighted by molar-refractivity contribution is 0.0890. The van der Waals surface area contributed by atoms with Gasteiger partial charge >= 0.3 is 0 Å². The predicted octanol–water partition coefficient (Wildman–Crippen LogP) is 3.18. The Kier molecular flexibility index (Phi) is 3.14. The van der Waals surface area contributed by atoms with E-state index in [1.165, 1.54) is 7.11 Å². The molecule has 0 aliphatic heterocycles. The number of carbonyl (C=O) groups excluding carboxylic acids is 2. The smallest absolute Gasteiger partial charge is 0.228 e. The van der Waals surface area contributed by atoms with E-state index < -0.39 is 5.41 Å². The summed E-state index contributed by atoms with van der Waals surface area (Å²) in [7, 11) is 1.41. The van der Waals surface area contributed by atoms with Gasteiger partial charge < -0.3 is 4.74 Å². The molecule has 1 aliphatic rings. The summed E-state index contributed by atoms with van der Waals surface area (Å²) >= 11 is 0. The first-order valence-corrected chi connectivity index (χ1v) is 6.04. The van der Waals surface area contributed by atoms with E-state index in [4.69, 9.17) is 4.74 Å². The fourth-order valence-electron chi connectivity index (χ4n) is 2.23. The molecule has 0 atom stereocenters. The van der Waals surface area contributed by atoms with Crippen molar-refractivity contribution in [3.63, 3.8) is 0 Å². The van der Waals surface area contributed by atoms with Crippen LogP contribution in [-0.2, 0) is 4.74 Å². The molecule has 0 unspecified atom stereocenters. The number of hydrogen-bond donors (Lipinski definition) is 0. The SMILES string of the molecule is C=CC(C)(C)C1=C(OC)C(=O)c2ccccc2C1=O. The van der Waals surface area contributed by atoms with Gasteiger partial charge in [0.1, 0.15) is 0 Å². The molecule has 0 heterocycles. The number of hydrogen-bond acceptors (Lipinski definition) is 3. The van der Waals surface area contributed by atoms with E-state index in [9.17, 15) is 9.59 Å². The van der Waals surface area contributed by atoms with Gasteiger partial charge in [0.25, 0.3) is 0 Å². The number of ether oxygens (including phenoxy) is 1. The van der Waals surface area contributed by atoms with Crippen molar-refractivity contribution in [2.45, 2.75) is 13.8 Å². The van der Waals surface area contributed by atoms with E-state index >= 15 is 0 Å². The first-order chi connectivity index (χ1) is 8.94. The van der Waals surface area contributed by atoms with Crippen LogP contribution in [0.3, 0.4) is 0 Å². The molecule has 0 aromatic heterocycles. The molecule has 1 aromatic rings. The van der Waals surface area contributed by atoms with E-state index in [0.29, 0.717) is 16.7 Å². The number of allylic oxidation sites excluding steroid dienone is 3. The topological polar surface area (TPSA) is 43.4 Å². The number of rotatable bonds is 3. The van der Waals surface area contributed by atoms with Gasteiger partial charge in [-0.05, 0) is 0 Å². The highest BCUT2D eigenvalue weighted by atomic mass is 16.5. The zero-order valence-electron chi connectivity index (χ0n) is 11.3. The van der Waals surface area contributed by atoms with Gasteiger partial charge in [0.15, 0.2) is 11.5 Å². The van der Waals surface area contributed by atoms with Crippen molar-refractivity contribution >= 4 is 11.6 Å². The van der Waals surface area contributed by atoms with Crippen LogP contribution in [0.25, 0.3) is 0 Å². The molecular weight excluding hydrogens is 240 g/mol. The Morgan fingerprint density at radius 3 is 2.11 bits per heavy atom. The zero-order chi connectivity index (χ0) is 14.2. The third kappa shape index (κ3) is 1.91. The fraction of sp³-hybridized carbons (Fsp3) is 0.250. The third-order valence-electron chi connectivity index (χ3n) is 3.44. The lowest BCUT2D eigenvalue weighted by atomic mass is 9.75. The molecule has 1 aromatic carbocycles. The van der Waals surface area contributed by atoms with E-state index in [1.807, 2.05) is 13.8 Å². The van der Waals surface area contributed by atoms with Gasteiger partial charge in [-0.3, -0.25) is 9.59 Å². The molecule has 0 bridgehead atoms. The quantitative estimate of drug-likeness (QED) is 0.780. The first kappa shape index (κ1) is 13.3. The maximum Gasteiger partial charge on any atom is 0.228 e. The molecule has 98 valence electrons. The Morgan fingerprint density at radius 2 is 1.63 bits per heavy atom. The summed E-state index contributed by atoms with van der Waals surface area (Å²) in [5, 5.41) is 0. The molecule has 0 amide bonds. The van der Waals surface area contributed by atoms with E-state index in [-0.39, 0.29) is 17.3 Å². The number of fused-ring (bicyclic) bond motifs is 1. The van der Waals surface area contributed by atoms with E-state index in [2.05, 4.69) is 6.58 Å². The minimum atomic E-state index is -0.619. The Bertz CT molecular complexity index is 606. The number of benzene rings is 1. The minimum Gasteiger partial charge on any atom is -0.492 e. The molecule has 0 fully saturated rings. The van der Waals surface area contributed by atoms with Crippen molar-refractivity contribution in [3.05, 3.63) is 59.4 Å². The van der Waals surface area contributed by atoms with E-state index in [0.717, 1.165) is 0 Å². The van der Waals surface area contributed by atoms with Crippen molar-refractivity contribution in [3.8, 4) is 0 Å². The average molecular weight is 256 g/mol. The van der Waals surface area contributed by atoms with Crippen molar-refractivity contribution in [1.82, 2.24) is 0 Å². The molecule has 3 nitrogen and oxygen atoms in total. The van der Waals surface area contributed by atoms with Crippen LogP contribution in [0.2, 0.25) is 0 Å². The number of ketones is 2. The highest BCUT2D eigenvalue weighted by Crippen LogP contribution is 2.38. The molecule has 2 rings (SSSR count). The van der Waals surface area contributed by atoms with Crippen LogP contribution >= 0.6 is 0 Å².